The third kappa shape index (κ3) is 5.17. The molecule has 5 rings (SSSR count). The zero-order valence-corrected chi connectivity index (χ0v) is 19.1. The van der Waals surface area contributed by atoms with Crippen molar-refractivity contribution in [2.45, 2.75) is 6.42 Å². The van der Waals surface area contributed by atoms with Crippen molar-refractivity contribution < 1.29 is 19.4 Å². The standard InChI is InChI=1S/C31H24O4/c32-31(33)21-34-29-18-17-24(28-15-6-7-16-30(28)35-26-12-2-1-3-13-26)20-25(29)19-23-11-8-10-22-9-4-5-14-27(22)23/h1-18,20H,19,21H2,(H,32,33). The first-order valence-corrected chi connectivity index (χ1v) is 11.4. The summed E-state index contributed by atoms with van der Waals surface area (Å²) in [6, 6.07) is 37.9. The lowest BCUT2D eigenvalue weighted by atomic mass is 9.95. The van der Waals surface area contributed by atoms with Crippen molar-refractivity contribution in [3.63, 3.8) is 0 Å². The molecule has 4 heteroatoms. The zero-order chi connectivity index (χ0) is 24.0. The maximum Gasteiger partial charge on any atom is 0.341 e. The van der Waals surface area contributed by atoms with Crippen molar-refractivity contribution in [2.75, 3.05) is 6.61 Å². The number of carboxylic acid groups (broad SMARTS) is 1. The summed E-state index contributed by atoms with van der Waals surface area (Å²) in [6.07, 6.45) is 0.603. The molecule has 0 aromatic heterocycles. The van der Waals surface area contributed by atoms with E-state index in [2.05, 4.69) is 30.3 Å². The number of carboxylic acids is 1. The Labute approximate surface area is 204 Å². The number of ether oxygens (including phenoxy) is 2. The van der Waals surface area contributed by atoms with Gasteiger partial charge in [0, 0.05) is 12.0 Å². The molecule has 0 fully saturated rings. The molecular weight excluding hydrogens is 436 g/mol. The molecule has 4 nitrogen and oxygen atoms in total. The van der Waals surface area contributed by atoms with Gasteiger partial charge in [0.2, 0.25) is 0 Å². The summed E-state index contributed by atoms with van der Waals surface area (Å²) in [4.78, 5) is 11.2. The third-order valence-electron chi connectivity index (χ3n) is 5.84. The third-order valence-corrected chi connectivity index (χ3v) is 5.84. The van der Waals surface area contributed by atoms with Crippen molar-refractivity contribution in [1.82, 2.24) is 0 Å². The fourth-order valence-electron chi connectivity index (χ4n) is 4.23. The van der Waals surface area contributed by atoms with Crippen molar-refractivity contribution in [1.29, 1.82) is 0 Å². The zero-order valence-electron chi connectivity index (χ0n) is 19.1. The minimum Gasteiger partial charge on any atom is -0.482 e. The average Bonchev–Trinajstić information content (AvgIpc) is 2.89. The predicted molar refractivity (Wildman–Crippen MR) is 138 cm³/mol. The van der Waals surface area contributed by atoms with E-state index in [0.717, 1.165) is 44.5 Å². The van der Waals surface area contributed by atoms with E-state index in [1.54, 1.807) is 0 Å². The number of benzene rings is 5. The highest BCUT2D eigenvalue weighted by molar-refractivity contribution is 5.86. The maximum atomic E-state index is 11.2. The smallest absolute Gasteiger partial charge is 0.341 e. The molecule has 0 aliphatic heterocycles. The minimum absolute atomic E-state index is 0.393. The lowest BCUT2D eigenvalue weighted by Crippen LogP contribution is -2.10. The van der Waals surface area contributed by atoms with Gasteiger partial charge in [-0.2, -0.15) is 0 Å². The summed E-state index contributed by atoms with van der Waals surface area (Å²) in [5.74, 6) is 1.06. The van der Waals surface area contributed by atoms with Gasteiger partial charge in [-0.3, -0.25) is 0 Å². The molecule has 1 N–H and O–H groups in total. The highest BCUT2D eigenvalue weighted by Gasteiger charge is 2.14. The Bertz CT molecular complexity index is 1470. The van der Waals surface area contributed by atoms with E-state index >= 15 is 0 Å². The molecule has 0 bridgehead atoms. The van der Waals surface area contributed by atoms with Gasteiger partial charge in [-0.15, -0.1) is 0 Å². The van der Waals surface area contributed by atoms with Crippen LogP contribution in [-0.2, 0) is 11.2 Å². The van der Waals surface area contributed by atoms with Crippen LogP contribution in [0.4, 0.5) is 0 Å². The Morgan fingerprint density at radius 1 is 0.686 bits per heavy atom. The van der Waals surface area contributed by atoms with Crippen LogP contribution in [0, 0.1) is 0 Å². The Morgan fingerprint density at radius 3 is 2.29 bits per heavy atom. The second kappa shape index (κ2) is 10.1. The van der Waals surface area contributed by atoms with E-state index in [-0.39, 0.29) is 0 Å². The Morgan fingerprint density at radius 2 is 1.43 bits per heavy atom. The number of hydrogen-bond acceptors (Lipinski definition) is 3. The SMILES string of the molecule is O=C(O)COc1ccc(-c2ccccc2Oc2ccccc2)cc1Cc1cccc2ccccc12. The summed E-state index contributed by atoms with van der Waals surface area (Å²) in [7, 11) is 0. The first-order valence-electron chi connectivity index (χ1n) is 11.4. The van der Waals surface area contributed by atoms with Gasteiger partial charge in [0.15, 0.2) is 6.61 Å². The number of carbonyl (C=O) groups is 1. The van der Waals surface area contributed by atoms with Crippen LogP contribution in [-0.4, -0.2) is 17.7 Å². The molecule has 5 aromatic rings. The molecule has 0 unspecified atom stereocenters. The van der Waals surface area contributed by atoms with E-state index in [1.807, 2.05) is 84.9 Å². The second-order valence-corrected chi connectivity index (χ2v) is 8.23. The molecule has 172 valence electrons. The van der Waals surface area contributed by atoms with Crippen molar-refractivity contribution in [2.24, 2.45) is 0 Å². The summed E-state index contributed by atoms with van der Waals surface area (Å²) in [5, 5.41) is 11.5. The van der Waals surface area contributed by atoms with E-state index < -0.39 is 12.6 Å². The normalized spacial score (nSPS) is 10.7. The first-order chi connectivity index (χ1) is 17.2. The monoisotopic (exact) mass is 460 g/mol. The highest BCUT2D eigenvalue weighted by atomic mass is 16.5. The van der Waals surface area contributed by atoms with Gasteiger partial charge in [-0.1, -0.05) is 84.9 Å². The number of aliphatic carboxylic acids is 1. The van der Waals surface area contributed by atoms with Crippen LogP contribution in [0.2, 0.25) is 0 Å². The van der Waals surface area contributed by atoms with Gasteiger partial charge in [0.25, 0.3) is 0 Å². The molecule has 5 aromatic carbocycles. The van der Waals surface area contributed by atoms with Gasteiger partial charge in [0.1, 0.15) is 17.2 Å². The maximum absolute atomic E-state index is 11.2. The Kier molecular flexibility index (Phi) is 6.44. The highest BCUT2D eigenvalue weighted by Crippen LogP contribution is 2.36. The van der Waals surface area contributed by atoms with Gasteiger partial charge in [-0.05, 0) is 57.8 Å². The van der Waals surface area contributed by atoms with E-state index in [9.17, 15) is 4.79 Å². The van der Waals surface area contributed by atoms with Crippen LogP contribution < -0.4 is 9.47 Å². The number of hydrogen-bond donors (Lipinski definition) is 1. The Hall–Kier alpha value is -4.57. The Balaban J connectivity index is 1.56. The molecule has 0 aliphatic rings. The van der Waals surface area contributed by atoms with Crippen LogP contribution >= 0.6 is 0 Å². The van der Waals surface area contributed by atoms with Crippen LogP contribution in [0.5, 0.6) is 17.2 Å². The molecule has 0 saturated heterocycles. The molecular formula is C31H24O4. The molecule has 0 atom stereocenters. The molecule has 0 saturated carbocycles. The van der Waals surface area contributed by atoms with Crippen molar-refractivity contribution in [3.05, 3.63) is 126 Å². The summed E-state index contributed by atoms with van der Waals surface area (Å²) < 4.78 is 11.8. The van der Waals surface area contributed by atoms with Gasteiger partial charge in [-0.25, -0.2) is 4.79 Å². The number of fused-ring (bicyclic) bond motifs is 1. The van der Waals surface area contributed by atoms with E-state index in [0.29, 0.717) is 12.2 Å². The molecule has 0 amide bonds. The summed E-state index contributed by atoms with van der Waals surface area (Å²) >= 11 is 0. The first kappa shape index (κ1) is 22.2. The van der Waals surface area contributed by atoms with Crippen molar-refractivity contribution in [3.8, 4) is 28.4 Å². The molecule has 35 heavy (non-hydrogen) atoms. The van der Waals surface area contributed by atoms with Crippen molar-refractivity contribution >= 4 is 16.7 Å². The average molecular weight is 461 g/mol. The van der Waals surface area contributed by atoms with E-state index in [4.69, 9.17) is 14.6 Å². The van der Waals surface area contributed by atoms with Gasteiger partial charge < -0.3 is 14.6 Å². The molecule has 0 heterocycles. The quantitative estimate of drug-likeness (QED) is 0.263. The van der Waals surface area contributed by atoms with Crippen LogP contribution in [0.15, 0.2) is 115 Å². The lowest BCUT2D eigenvalue weighted by Gasteiger charge is -2.16. The molecule has 0 aliphatic carbocycles. The van der Waals surface area contributed by atoms with Crippen LogP contribution in [0.1, 0.15) is 11.1 Å². The summed E-state index contributed by atoms with van der Waals surface area (Å²) in [5.41, 5.74) is 3.97. The minimum atomic E-state index is -1.01. The predicted octanol–water partition coefficient (Wildman–Crippen LogP) is 7.35. The van der Waals surface area contributed by atoms with Crippen LogP contribution in [0.3, 0.4) is 0 Å². The number of para-hydroxylation sites is 2. The van der Waals surface area contributed by atoms with Crippen LogP contribution in [0.25, 0.3) is 21.9 Å². The summed E-state index contributed by atoms with van der Waals surface area (Å²) in [6.45, 7) is -0.393. The topological polar surface area (TPSA) is 55.8 Å². The molecule has 0 spiro atoms. The van der Waals surface area contributed by atoms with Gasteiger partial charge >= 0.3 is 5.97 Å². The number of rotatable bonds is 8. The fourth-order valence-corrected chi connectivity index (χ4v) is 4.23. The van der Waals surface area contributed by atoms with Gasteiger partial charge in [0.05, 0.1) is 0 Å². The lowest BCUT2D eigenvalue weighted by molar-refractivity contribution is -0.139. The largest absolute Gasteiger partial charge is 0.482 e. The molecule has 0 radical (unpaired) electrons. The fraction of sp³-hybridized carbons (Fsp3) is 0.0645. The van der Waals surface area contributed by atoms with E-state index in [1.165, 1.54) is 0 Å². The second-order valence-electron chi connectivity index (χ2n) is 8.23.